The molecule has 0 heterocycles. The van der Waals surface area contributed by atoms with Crippen LogP contribution in [0.1, 0.15) is 39.5 Å². The first-order valence-electron chi connectivity index (χ1n) is 6.24. The molecule has 16 heavy (non-hydrogen) atoms. The molecule has 0 aromatic heterocycles. The normalized spacial score (nSPS) is 31.3. The van der Waals surface area contributed by atoms with E-state index in [1.165, 1.54) is 0 Å². The first-order chi connectivity index (χ1) is 7.54. The maximum Gasteiger partial charge on any atom is 0.251 e. The molecule has 0 bridgehead atoms. The predicted molar refractivity (Wildman–Crippen MR) is 60.7 cm³/mol. The van der Waals surface area contributed by atoms with E-state index < -0.39 is 6.43 Å². The highest BCUT2D eigenvalue weighted by molar-refractivity contribution is 4.85. The molecular formula is C12H23F2NO. The number of hydrogen-bond acceptors (Lipinski definition) is 2. The fraction of sp³-hybridized carbons (Fsp3) is 1.00. The van der Waals surface area contributed by atoms with E-state index >= 15 is 0 Å². The second-order valence-corrected chi connectivity index (χ2v) is 4.90. The summed E-state index contributed by atoms with van der Waals surface area (Å²) in [5.41, 5.74) is 0. The quantitative estimate of drug-likeness (QED) is 0.791. The molecule has 0 aromatic carbocycles. The zero-order valence-corrected chi connectivity index (χ0v) is 10.2. The molecule has 1 fully saturated rings. The summed E-state index contributed by atoms with van der Waals surface area (Å²) in [5, 5.41) is 9.63. The summed E-state index contributed by atoms with van der Waals surface area (Å²) in [6, 6.07) is 0.123. The molecule has 3 atom stereocenters. The van der Waals surface area contributed by atoms with E-state index in [9.17, 15) is 13.9 Å². The van der Waals surface area contributed by atoms with E-state index in [0.29, 0.717) is 18.9 Å². The monoisotopic (exact) mass is 235 g/mol. The SMILES string of the molecule is CCCN(CC(F)F)C1CC(O)CCC1C. The average Bonchev–Trinajstić information content (AvgIpc) is 2.20. The highest BCUT2D eigenvalue weighted by atomic mass is 19.3. The van der Waals surface area contributed by atoms with Crippen molar-refractivity contribution in [3.63, 3.8) is 0 Å². The third-order valence-electron chi connectivity index (χ3n) is 3.48. The van der Waals surface area contributed by atoms with Gasteiger partial charge in [-0.15, -0.1) is 0 Å². The van der Waals surface area contributed by atoms with Gasteiger partial charge >= 0.3 is 0 Å². The molecule has 1 N–H and O–H groups in total. The molecule has 1 aliphatic rings. The Balaban J connectivity index is 2.59. The van der Waals surface area contributed by atoms with E-state index in [2.05, 4.69) is 6.92 Å². The van der Waals surface area contributed by atoms with Gasteiger partial charge in [0.15, 0.2) is 0 Å². The van der Waals surface area contributed by atoms with Gasteiger partial charge in [-0.05, 0) is 38.1 Å². The standard InChI is InChI=1S/C12H23F2NO/c1-3-6-15(8-12(13)14)11-7-10(16)5-4-9(11)2/h9-12,16H,3-8H2,1-2H3. The van der Waals surface area contributed by atoms with Gasteiger partial charge in [-0.1, -0.05) is 13.8 Å². The molecule has 4 heteroatoms. The van der Waals surface area contributed by atoms with Crippen molar-refractivity contribution in [3.8, 4) is 0 Å². The van der Waals surface area contributed by atoms with Crippen LogP contribution < -0.4 is 0 Å². The first-order valence-corrected chi connectivity index (χ1v) is 6.24. The lowest BCUT2D eigenvalue weighted by molar-refractivity contribution is 0.00155. The van der Waals surface area contributed by atoms with Crippen molar-refractivity contribution in [2.24, 2.45) is 5.92 Å². The average molecular weight is 235 g/mol. The summed E-state index contributed by atoms with van der Waals surface area (Å²) in [4.78, 5) is 1.86. The van der Waals surface area contributed by atoms with Crippen LogP contribution in [0, 0.1) is 5.92 Å². The van der Waals surface area contributed by atoms with Gasteiger partial charge in [0.25, 0.3) is 6.43 Å². The zero-order valence-electron chi connectivity index (χ0n) is 10.2. The summed E-state index contributed by atoms with van der Waals surface area (Å²) in [5.74, 6) is 0.411. The van der Waals surface area contributed by atoms with Crippen molar-refractivity contribution in [3.05, 3.63) is 0 Å². The zero-order chi connectivity index (χ0) is 12.1. The van der Waals surface area contributed by atoms with Crippen LogP contribution in [0.15, 0.2) is 0 Å². The highest BCUT2D eigenvalue weighted by Gasteiger charge is 2.31. The Morgan fingerprint density at radius 2 is 2.06 bits per heavy atom. The summed E-state index contributed by atoms with van der Waals surface area (Å²) in [6.07, 6.45) is 0.692. The van der Waals surface area contributed by atoms with Gasteiger partial charge in [0, 0.05) is 6.04 Å². The third-order valence-corrected chi connectivity index (χ3v) is 3.48. The Morgan fingerprint density at radius 1 is 1.38 bits per heavy atom. The number of halogens is 2. The van der Waals surface area contributed by atoms with Gasteiger partial charge in [-0.25, -0.2) is 8.78 Å². The molecule has 1 saturated carbocycles. The Kier molecular flexibility index (Phi) is 5.62. The minimum atomic E-state index is -2.28. The van der Waals surface area contributed by atoms with E-state index in [1.807, 2.05) is 11.8 Å². The van der Waals surface area contributed by atoms with Gasteiger partial charge in [0.1, 0.15) is 0 Å². The Morgan fingerprint density at radius 3 is 2.62 bits per heavy atom. The number of alkyl halides is 2. The molecule has 0 saturated heterocycles. The van der Waals surface area contributed by atoms with E-state index in [4.69, 9.17) is 0 Å². The Hall–Kier alpha value is -0.220. The number of aliphatic hydroxyl groups is 1. The number of hydrogen-bond donors (Lipinski definition) is 1. The molecule has 0 aromatic rings. The van der Waals surface area contributed by atoms with Crippen molar-refractivity contribution in [1.82, 2.24) is 4.90 Å². The number of rotatable bonds is 5. The van der Waals surface area contributed by atoms with Crippen LogP contribution in [-0.2, 0) is 0 Å². The van der Waals surface area contributed by atoms with Crippen LogP contribution in [0.25, 0.3) is 0 Å². The summed E-state index contributed by atoms with van der Waals surface area (Å²) < 4.78 is 25.0. The van der Waals surface area contributed by atoms with Crippen molar-refractivity contribution >= 4 is 0 Å². The smallest absolute Gasteiger partial charge is 0.251 e. The van der Waals surface area contributed by atoms with Crippen LogP contribution in [0.5, 0.6) is 0 Å². The third kappa shape index (κ3) is 3.98. The van der Waals surface area contributed by atoms with Gasteiger partial charge in [-0.3, -0.25) is 4.90 Å². The van der Waals surface area contributed by atoms with Crippen molar-refractivity contribution in [1.29, 1.82) is 0 Å². The van der Waals surface area contributed by atoms with Crippen LogP contribution in [0.3, 0.4) is 0 Å². The van der Waals surface area contributed by atoms with Gasteiger partial charge < -0.3 is 5.11 Å². The van der Waals surface area contributed by atoms with Crippen LogP contribution in [0.2, 0.25) is 0 Å². The molecular weight excluding hydrogens is 212 g/mol. The van der Waals surface area contributed by atoms with Crippen LogP contribution >= 0.6 is 0 Å². The molecule has 0 aliphatic heterocycles. The van der Waals surface area contributed by atoms with Gasteiger partial charge in [-0.2, -0.15) is 0 Å². The number of nitrogens with zero attached hydrogens (tertiary/aromatic N) is 1. The predicted octanol–water partition coefficient (Wildman–Crippen LogP) is 2.51. The van der Waals surface area contributed by atoms with Crippen molar-refractivity contribution < 1.29 is 13.9 Å². The number of aliphatic hydroxyl groups excluding tert-OH is 1. The van der Waals surface area contributed by atoms with Crippen LogP contribution in [-0.4, -0.2) is 41.7 Å². The maximum absolute atomic E-state index is 12.5. The minimum absolute atomic E-state index is 0.123. The molecule has 3 unspecified atom stereocenters. The maximum atomic E-state index is 12.5. The molecule has 1 aliphatic carbocycles. The molecule has 0 radical (unpaired) electrons. The molecule has 0 amide bonds. The second-order valence-electron chi connectivity index (χ2n) is 4.90. The van der Waals surface area contributed by atoms with E-state index in [0.717, 1.165) is 19.3 Å². The minimum Gasteiger partial charge on any atom is -0.393 e. The summed E-state index contributed by atoms with van der Waals surface area (Å²) >= 11 is 0. The lowest BCUT2D eigenvalue weighted by Crippen LogP contribution is -2.47. The highest BCUT2D eigenvalue weighted by Crippen LogP contribution is 2.29. The summed E-state index contributed by atoms with van der Waals surface area (Å²) in [7, 11) is 0. The Labute approximate surface area is 96.6 Å². The van der Waals surface area contributed by atoms with Gasteiger partial charge in [0.05, 0.1) is 12.6 Å². The molecule has 2 nitrogen and oxygen atoms in total. The van der Waals surface area contributed by atoms with E-state index in [-0.39, 0.29) is 18.7 Å². The molecule has 0 spiro atoms. The first kappa shape index (κ1) is 13.8. The fourth-order valence-corrected chi connectivity index (χ4v) is 2.64. The fourth-order valence-electron chi connectivity index (χ4n) is 2.64. The molecule has 96 valence electrons. The lowest BCUT2D eigenvalue weighted by Gasteiger charge is -2.40. The largest absolute Gasteiger partial charge is 0.393 e. The van der Waals surface area contributed by atoms with Gasteiger partial charge in [0.2, 0.25) is 0 Å². The molecule has 1 rings (SSSR count). The van der Waals surface area contributed by atoms with Crippen molar-refractivity contribution in [2.75, 3.05) is 13.1 Å². The Bertz CT molecular complexity index is 201. The second kappa shape index (κ2) is 6.50. The van der Waals surface area contributed by atoms with Crippen molar-refractivity contribution in [2.45, 2.75) is 58.1 Å². The van der Waals surface area contributed by atoms with Crippen LogP contribution in [0.4, 0.5) is 8.78 Å². The lowest BCUT2D eigenvalue weighted by atomic mass is 9.83. The topological polar surface area (TPSA) is 23.5 Å². The van der Waals surface area contributed by atoms with E-state index in [1.54, 1.807) is 0 Å². The summed E-state index contributed by atoms with van der Waals surface area (Å²) in [6.45, 7) is 4.65.